The van der Waals surface area contributed by atoms with Gasteiger partial charge in [-0.15, -0.1) is 13.2 Å². The van der Waals surface area contributed by atoms with Gasteiger partial charge in [-0.1, -0.05) is 11.2 Å². The number of aryl methyl sites for hydroxylation is 2. The predicted molar refractivity (Wildman–Crippen MR) is 126 cm³/mol. The fourth-order valence-corrected chi connectivity index (χ4v) is 3.56. The van der Waals surface area contributed by atoms with Gasteiger partial charge in [-0.3, -0.25) is 4.68 Å². The van der Waals surface area contributed by atoms with E-state index in [1.54, 1.807) is 17.1 Å². The van der Waals surface area contributed by atoms with Gasteiger partial charge in [0.25, 0.3) is 5.89 Å². The largest absolute Gasteiger partial charge is 0.573 e. The lowest BCUT2D eigenvalue weighted by Gasteiger charge is -2.08. The van der Waals surface area contributed by atoms with Crippen molar-refractivity contribution in [1.29, 1.82) is 0 Å². The second-order valence-electron chi connectivity index (χ2n) is 8.18. The van der Waals surface area contributed by atoms with E-state index in [9.17, 15) is 13.2 Å². The van der Waals surface area contributed by atoms with Crippen molar-refractivity contribution in [3.63, 3.8) is 0 Å². The molecular formula is C24H21F3N8O2. The zero-order valence-electron chi connectivity index (χ0n) is 19.8. The lowest BCUT2D eigenvalue weighted by Crippen LogP contribution is -2.16. The molecule has 5 rings (SSSR count). The van der Waals surface area contributed by atoms with Crippen molar-refractivity contribution in [3.05, 3.63) is 78.1 Å². The molecule has 4 aromatic heterocycles. The lowest BCUT2D eigenvalue weighted by atomic mass is 10.2. The van der Waals surface area contributed by atoms with Gasteiger partial charge >= 0.3 is 6.36 Å². The standard InChI is InChI=1S/C24H21F3N8O2/c1-15-11-19(23-31-22(33-37-23)17-4-6-18(7-5-17)36-24(25,26)27)32-35(15)14-16-3-8-20(29-12-16)30-13-21-28-9-10-34(21)2/h3-12H,13-14H2,1-2H3,(H,29,30). The number of benzene rings is 1. The lowest BCUT2D eigenvalue weighted by molar-refractivity contribution is -0.274. The number of ether oxygens (including phenoxy) is 1. The summed E-state index contributed by atoms with van der Waals surface area (Å²) in [4.78, 5) is 13.1. The predicted octanol–water partition coefficient (Wildman–Crippen LogP) is 4.60. The van der Waals surface area contributed by atoms with Crippen molar-refractivity contribution in [2.24, 2.45) is 7.05 Å². The number of alkyl halides is 3. The number of nitrogens with one attached hydrogen (secondary N) is 1. The maximum Gasteiger partial charge on any atom is 0.573 e. The van der Waals surface area contributed by atoms with Crippen LogP contribution in [0.2, 0.25) is 0 Å². The number of rotatable bonds is 8. The molecule has 13 heteroatoms. The molecule has 0 aliphatic carbocycles. The summed E-state index contributed by atoms with van der Waals surface area (Å²) >= 11 is 0. The number of aromatic nitrogens is 7. The first-order valence-corrected chi connectivity index (χ1v) is 11.1. The van der Waals surface area contributed by atoms with Crippen molar-refractivity contribution < 1.29 is 22.4 Å². The molecule has 0 spiro atoms. The van der Waals surface area contributed by atoms with Crippen LogP contribution in [0.25, 0.3) is 23.0 Å². The summed E-state index contributed by atoms with van der Waals surface area (Å²) in [6.45, 7) is 2.96. The highest BCUT2D eigenvalue weighted by molar-refractivity contribution is 5.59. The van der Waals surface area contributed by atoms with Crippen molar-refractivity contribution in [1.82, 2.24) is 34.5 Å². The van der Waals surface area contributed by atoms with Crippen molar-refractivity contribution in [3.8, 4) is 28.7 Å². The molecule has 0 aliphatic rings. The Balaban J connectivity index is 1.24. The molecule has 4 heterocycles. The molecule has 190 valence electrons. The molecule has 0 atom stereocenters. The first-order valence-electron chi connectivity index (χ1n) is 11.1. The summed E-state index contributed by atoms with van der Waals surface area (Å²) in [5.74, 6) is 1.72. The molecule has 0 saturated carbocycles. The Morgan fingerprint density at radius 2 is 1.89 bits per heavy atom. The molecule has 0 unspecified atom stereocenters. The summed E-state index contributed by atoms with van der Waals surface area (Å²) in [6, 6.07) is 10.9. The minimum Gasteiger partial charge on any atom is -0.406 e. The van der Waals surface area contributed by atoms with Gasteiger partial charge in [0.05, 0.1) is 13.1 Å². The van der Waals surface area contributed by atoms with Crippen LogP contribution in [-0.4, -0.2) is 40.8 Å². The van der Waals surface area contributed by atoms with Gasteiger partial charge in [0.1, 0.15) is 17.4 Å². The molecule has 0 aliphatic heterocycles. The highest BCUT2D eigenvalue weighted by Crippen LogP contribution is 2.27. The molecule has 1 N–H and O–H groups in total. The summed E-state index contributed by atoms with van der Waals surface area (Å²) in [6.07, 6.45) is 0.653. The van der Waals surface area contributed by atoms with E-state index in [1.165, 1.54) is 24.3 Å². The van der Waals surface area contributed by atoms with Crippen LogP contribution >= 0.6 is 0 Å². The van der Waals surface area contributed by atoms with Crippen LogP contribution in [0, 0.1) is 6.92 Å². The Morgan fingerprint density at radius 1 is 1.08 bits per heavy atom. The fourth-order valence-electron chi connectivity index (χ4n) is 3.56. The molecule has 37 heavy (non-hydrogen) atoms. The first-order chi connectivity index (χ1) is 17.7. The van der Waals surface area contributed by atoms with E-state index in [2.05, 4.69) is 35.3 Å². The molecule has 0 amide bonds. The maximum absolute atomic E-state index is 12.4. The second-order valence-corrected chi connectivity index (χ2v) is 8.18. The third kappa shape index (κ3) is 5.77. The number of imidazole rings is 1. The van der Waals surface area contributed by atoms with E-state index in [4.69, 9.17) is 4.52 Å². The van der Waals surface area contributed by atoms with Crippen LogP contribution in [-0.2, 0) is 20.1 Å². The summed E-state index contributed by atoms with van der Waals surface area (Å²) < 4.78 is 50.0. The number of anilines is 1. The molecule has 1 aromatic carbocycles. The Labute approximate surface area is 208 Å². The van der Waals surface area contributed by atoms with Crippen molar-refractivity contribution in [2.75, 3.05) is 5.32 Å². The molecule has 0 saturated heterocycles. The SMILES string of the molecule is Cc1cc(-c2nc(-c3ccc(OC(F)(F)F)cc3)no2)nn1Cc1ccc(NCc2nccn2C)nc1. The monoisotopic (exact) mass is 510 g/mol. The van der Waals surface area contributed by atoms with E-state index in [-0.39, 0.29) is 17.5 Å². The van der Waals surface area contributed by atoms with Crippen molar-refractivity contribution in [2.45, 2.75) is 26.4 Å². The van der Waals surface area contributed by atoms with E-state index >= 15 is 0 Å². The normalized spacial score (nSPS) is 11.6. The third-order valence-electron chi connectivity index (χ3n) is 5.48. The fraction of sp³-hybridized carbons (Fsp3) is 0.208. The van der Waals surface area contributed by atoms with E-state index < -0.39 is 6.36 Å². The van der Waals surface area contributed by atoms with E-state index in [1.807, 2.05) is 42.9 Å². The first kappa shape index (κ1) is 24.0. The third-order valence-corrected chi connectivity index (χ3v) is 5.48. The number of nitrogens with zero attached hydrogens (tertiary/aromatic N) is 7. The molecule has 0 radical (unpaired) electrons. The zero-order valence-corrected chi connectivity index (χ0v) is 19.8. The van der Waals surface area contributed by atoms with Gasteiger partial charge in [0.15, 0.2) is 5.69 Å². The Kier molecular flexibility index (Phi) is 6.34. The molecule has 5 aromatic rings. The minimum absolute atomic E-state index is 0.194. The summed E-state index contributed by atoms with van der Waals surface area (Å²) in [5.41, 5.74) is 2.78. The number of pyridine rings is 1. The van der Waals surface area contributed by atoms with Gasteiger partial charge in [-0.05, 0) is 48.9 Å². The maximum atomic E-state index is 12.4. The minimum atomic E-state index is -4.76. The second kappa shape index (κ2) is 9.76. The smallest absolute Gasteiger partial charge is 0.406 e. The summed E-state index contributed by atoms with van der Waals surface area (Å²) in [5, 5.41) is 11.7. The topological polar surface area (TPSA) is 109 Å². The van der Waals surface area contributed by atoms with Gasteiger partial charge in [0.2, 0.25) is 5.82 Å². The Morgan fingerprint density at radius 3 is 2.57 bits per heavy atom. The van der Waals surface area contributed by atoms with Crippen LogP contribution in [0.5, 0.6) is 5.75 Å². The molecule has 10 nitrogen and oxygen atoms in total. The highest BCUT2D eigenvalue weighted by atomic mass is 19.4. The van der Waals surface area contributed by atoms with Gasteiger partial charge in [0, 0.05) is 36.9 Å². The van der Waals surface area contributed by atoms with Crippen LogP contribution in [0.4, 0.5) is 19.0 Å². The molecule has 0 bridgehead atoms. The number of hydrogen-bond donors (Lipinski definition) is 1. The number of halogens is 3. The van der Waals surface area contributed by atoms with E-state index in [0.29, 0.717) is 24.3 Å². The Hall–Kier alpha value is -4.68. The molecule has 0 fully saturated rings. The van der Waals surface area contributed by atoms with E-state index in [0.717, 1.165) is 22.9 Å². The Bertz CT molecular complexity index is 1490. The zero-order chi connectivity index (χ0) is 26.0. The van der Waals surface area contributed by atoms with Crippen LogP contribution in [0.15, 0.2) is 65.6 Å². The van der Waals surface area contributed by atoms with Crippen LogP contribution in [0.1, 0.15) is 17.1 Å². The average molecular weight is 510 g/mol. The summed E-state index contributed by atoms with van der Waals surface area (Å²) in [7, 11) is 1.94. The average Bonchev–Trinajstić information content (AvgIpc) is 3.59. The highest BCUT2D eigenvalue weighted by Gasteiger charge is 2.31. The van der Waals surface area contributed by atoms with Crippen molar-refractivity contribution >= 4 is 5.82 Å². The van der Waals surface area contributed by atoms with Crippen LogP contribution in [0.3, 0.4) is 0 Å². The quantitative estimate of drug-likeness (QED) is 0.323. The van der Waals surface area contributed by atoms with Crippen LogP contribution < -0.4 is 10.1 Å². The molecular weight excluding hydrogens is 489 g/mol. The van der Waals surface area contributed by atoms with Gasteiger partial charge < -0.3 is 19.1 Å². The number of hydrogen-bond acceptors (Lipinski definition) is 8. The van der Waals surface area contributed by atoms with Gasteiger partial charge in [-0.2, -0.15) is 10.1 Å². The van der Waals surface area contributed by atoms with Gasteiger partial charge in [-0.25, -0.2) is 9.97 Å².